The summed E-state index contributed by atoms with van der Waals surface area (Å²) in [5.41, 5.74) is 3.34. The van der Waals surface area contributed by atoms with Crippen LogP contribution in [0.3, 0.4) is 0 Å². The molecular weight excluding hydrogens is 494 g/mol. The lowest BCUT2D eigenvalue weighted by atomic mass is 10.1. The monoisotopic (exact) mass is 521 g/mol. The third kappa shape index (κ3) is 7.14. The summed E-state index contributed by atoms with van der Waals surface area (Å²) in [5, 5.41) is 13.5. The van der Waals surface area contributed by atoms with Gasteiger partial charge in [-0.3, -0.25) is 14.6 Å². The van der Waals surface area contributed by atoms with Gasteiger partial charge in [0, 0.05) is 41.2 Å². The Morgan fingerprint density at radius 3 is 2.65 bits per heavy atom. The number of hydrogen-bond acceptors (Lipinski definition) is 8. The van der Waals surface area contributed by atoms with Gasteiger partial charge in [-0.05, 0) is 49.7 Å². The smallest absolute Gasteiger partial charge is 0.406 e. The van der Waals surface area contributed by atoms with Crippen molar-refractivity contribution in [2.75, 3.05) is 13.7 Å². The zero-order valence-corrected chi connectivity index (χ0v) is 21.3. The van der Waals surface area contributed by atoms with Crippen LogP contribution in [0.4, 0.5) is 4.79 Å². The quantitative estimate of drug-likeness (QED) is 0.291. The number of benzene rings is 2. The molecule has 0 spiro atoms. The summed E-state index contributed by atoms with van der Waals surface area (Å²) in [4.78, 5) is 40.0. The van der Waals surface area contributed by atoms with Crippen LogP contribution in [0.15, 0.2) is 59.4 Å². The largest absolute Gasteiger partial charge is 0.489 e. The number of aromatic amines is 1. The van der Waals surface area contributed by atoms with Crippen molar-refractivity contribution in [3.05, 3.63) is 86.1 Å². The van der Waals surface area contributed by atoms with E-state index in [1.807, 2.05) is 37.3 Å². The lowest BCUT2D eigenvalue weighted by Gasteiger charge is -2.18. The number of aryl methyl sites for hydroxylation is 1. The van der Waals surface area contributed by atoms with Crippen LogP contribution in [0, 0.1) is 6.92 Å². The zero-order chi connectivity index (χ0) is 26.2. The number of nitrogens with zero attached hydrogens (tertiary/aromatic N) is 2. The lowest BCUT2D eigenvalue weighted by Crippen LogP contribution is -2.39. The Labute approximate surface area is 217 Å². The standard InChI is InChI=1S/C26H27N5O5S/c1-16-13-18(21-5-3-4-6-22(21)28-16)15-36-20-9-7-17(8-10-20)24(32)29-19(11-12-27-25(33)35-2)14-23-30-31-26(34)37-23/h3-10,13,19H,11-12,14-15H2,1-2H3,(H,27,33)(H,29,32)(H,31,34). The summed E-state index contributed by atoms with van der Waals surface area (Å²) in [5.74, 6) is 0.350. The lowest BCUT2D eigenvalue weighted by molar-refractivity contribution is 0.0935. The molecule has 37 heavy (non-hydrogen) atoms. The molecule has 0 aliphatic heterocycles. The first-order chi connectivity index (χ1) is 17.9. The molecule has 1 atom stereocenters. The summed E-state index contributed by atoms with van der Waals surface area (Å²) in [7, 11) is 1.28. The molecule has 10 nitrogen and oxygen atoms in total. The number of nitrogens with one attached hydrogen (secondary N) is 3. The first kappa shape index (κ1) is 25.8. The average Bonchev–Trinajstić information content (AvgIpc) is 3.31. The fourth-order valence-electron chi connectivity index (χ4n) is 3.85. The maximum atomic E-state index is 12.9. The zero-order valence-electron chi connectivity index (χ0n) is 20.4. The molecule has 2 aromatic carbocycles. The molecule has 0 saturated heterocycles. The van der Waals surface area contributed by atoms with Crippen LogP contribution in [0.25, 0.3) is 10.9 Å². The summed E-state index contributed by atoms with van der Waals surface area (Å²) >= 11 is 0.984. The Kier molecular flexibility index (Phi) is 8.47. The van der Waals surface area contributed by atoms with Crippen LogP contribution in [-0.4, -0.2) is 46.9 Å². The minimum Gasteiger partial charge on any atom is -0.489 e. The van der Waals surface area contributed by atoms with Crippen molar-refractivity contribution in [1.82, 2.24) is 25.8 Å². The van der Waals surface area contributed by atoms with Gasteiger partial charge < -0.3 is 20.1 Å². The third-order valence-corrected chi connectivity index (χ3v) is 6.40. The fraction of sp³-hybridized carbons (Fsp3) is 0.269. The van der Waals surface area contributed by atoms with E-state index >= 15 is 0 Å². The predicted octanol–water partition coefficient (Wildman–Crippen LogP) is 3.35. The van der Waals surface area contributed by atoms with E-state index in [0.717, 1.165) is 33.5 Å². The van der Waals surface area contributed by atoms with Crippen molar-refractivity contribution >= 4 is 34.2 Å². The Balaban J connectivity index is 1.38. The van der Waals surface area contributed by atoms with Gasteiger partial charge in [-0.15, -0.1) is 0 Å². The fourth-order valence-corrected chi connectivity index (χ4v) is 4.53. The van der Waals surface area contributed by atoms with Crippen LogP contribution in [0.5, 0.6) is 5.75 Å². The van der Waals surface area contributed by atoms with Gasteiger partial charge in [0.1, 0.15) is 17.4 Å². The first-order valence-electron chi connectivity index (χ1n) is 11.7. The summed E-state index contributed by atoms with van der Waals surface area (Å²) in [6.45, 7) is 2.61. The number of alkyl carbamates (subject to hydrolysis) is 1. The van der Waals surface area contributed by atoms with Gasteiger partial charge in [-0.25, -0.2) is 9.89 Å². The summed E-state index contributed by atoms with van der Waals surface area (Å²) in [6.07, 6.45) is 0.216. The van der Waals surface area contributed by atoms with Crippen molar-refractivity contribution in [3.8, 4) is 5.75 Å². The molecule has 0 saturated carbocycles. The summed E-state index contributed by atoms with van der Waals surface area (Å²) in [6, 6.07) is 16.5. The van der Waals surface area contributed by atoms with Gasteiger partial charge in [0.15, 0.2) is 0 Å². The van der Waals surface area contributed by atoms with Crippen LogP contribution < -0.4 is 20.2 Å². The molecule has 192 valence electrons. The second-order valence-electron chi connectivity index (χ2n) is 8.34. The van der Waals surface area contributed by atoms with Crippen LogP contribution in [0.1, 0.15) is 33.0 Å². The molecule has 2 aromatic heterocycles. The minimum atomic E-state index is -0.556. The molecule has 0 radical (unpaired) electrons. The topological polar surface area (TPSA) is 135 Å². The number of ether oxygens (including phenoxy) is 2. The van der Waals surface area contributed by atoms with E-state index in [-0.39, 0.29) is 23.4 Å². The Hall–Kier alpha value is -4.25. The predicted molar refractivity (Wildman–Crippen MR) is 140 cm³/mol. The molecular formula is C26H27N5O5S. The van der Waals surface area contributed by atoms with E-state index in [4.69, 9.17) is 4.74 Å². The average molecular weight is 522 g/mol. The number of para-hydroxylation sites is 1. The molecule has 2 heterocycles. The number of methoxy groups -OCH3 is 1. The molecule has 0 fully saturated rings. The number of carbonyl (C=O) groups excluding carboxylic acids is 2. The van der Waals surface area contributed by atoms with Gasteiger partial charge >= 0.3 is 11.0 Å². The Morgan fingerprint density at radius 1 is 1.14 bits per heavy atom. The molecule has 11 heteroatoms. The Bertz CT molecular complexity index is 1430. The minimum absolute atomic E-state index is 0.265. The molecule has 0 aliphatic rings. The molecule has 4 aromatic rings. The molecule has 0 aliphatic carbocycles. The molecule has 1 unspecified atom stereocenters. The summed E-state index contributed by atoms with van der Waals surface area (Å²) < 4.78 is 10.6. The van der Waals surface area contributed by atoms with Crippen molar-refractivity contribution in [2.45, 2.75) is 32.4 Å². The van der Waals surface area contributed by atoms with Gasteiger partial charge in [-0.2, -0.15) is 5.10 Å². The SMILES string of the molecule is COC(=O)NCCC(Cc1n[nH]c(=O)s1)NC(=O)c1ccc(OCc2cc(C)nc3ccccc23)cc1. The van der Waals surface area contributed by atoms with Gasteiger partial charge in [0.05, 0.1) is 12.6 Å². The maximum absolute atomic E-state index is 12.9. The third-order valence-electron chi connectivity index (χ3n) is 5.63. The number of rotatable bonds is 10. The van der Waals surface area contributed by atoms with E-state index in [1.165, 1.54) is 7.11 Å². The van der Waals surface area contributed by atoms with Crippen LogP contribution in [0.2, 0.25) is 0 Å². The highest BCUT2D eigenvalue weighted by Gasteiger charge is 2.17. The molecule has 3 N–H and O–H groups in total. The van der Waals surface area contributed by atoms with E-state index in [9.17, 15) is 14.4 Å². The Morgan fingerprint density at radius 2 is 1.92 bits per heavy atom. The van der Waals surface area contributed by atoms with Crippen molar-refractivity contribution in [2.24, 2.45) is 0 Å². The molecule has 0 bridgehead atoms. The number of aromatic nitrogens is 3. The number of carbonyl (C=O) groups is 2. The first-order valence-corrected chi connectivity index (χ1v) is 12.5. The van der Waals surface area contributed by atoms with E-state index in [0.29, 0.717) is 35.8 Å². The van der Waals surface area contributed by atoms with Crippen molar-refractivity contribution in [1.29, 1.82) is 0 Å². The number of pyridine rings is 1. The van der Waals surface area contributed by atoms with Crippen molar-refractivity contribution in [3.63, 3.8) is 0 Å². The van der Waals surface area contributed by atoms with Gasteiger partial charge in [0.25, 0.3) is 5.91 Å². The highest BCUT2D eigenvalue weighted by molar-refractivity contribution is 7.08. The molecule has 2 amide bonds. The van der Waals surface area contributed by atoms with Crippen LogP contribution >= 0.6 is 11.3 Å². The van der Waals surface area contributed by atoms with Crippen molar-refractivity contribution < 1.29 is 19.1 Å². The van der Waals surface area contributed by atoms with E-state index < -0.39 is 6.09 Å². The highest BCUT2D eigenvalue weighted by Crippen LogP contribution is 2.21. The van der Waals surface area contributed by atoms with E-state index in [1.54, 1.807) is 24.3 Å². The van der Waals surface area contributed by atoms with E-state index in [2.05, 4.69) is 30.6 Å². The van der Waals surface area contributed by atoms with Gasteiger partial charge in [0.2, 0.25) is 0 Å². The maximum Gasteiger partial charge on any atom is 0.406 e. The van der Waals surface area contributed by atoms with Gasteiger partial charge in [-0.1, -0.05) is 29.5 Å². The second-order valence-corrected chi connectivity index (χ2v) is 9.39. The number of amides is 2. The second kappa shape index (κ2) is 12.1. The normalized spacial score (nSPS) is 11.6. The van der Waals surface area contributed by atoms with Crippen LogP contribution in [-0.2, 0) is 17.8 Å². The number of H-pyrrole nitrogens is 1. The number of fused-ring (bicyclic) bond motifs is 1. The highest BCUT2D eigenvalue weighted by atomic mass is 32.1. The number of hydrogen-bond donors (Lipinski definition) is 3. The molecule has 4 rings (SSSR count).